The lowest BCUT2D eigenvalue weighted by molar-refractivity contribution is -0.144. The van der Waals surface area contributed by atoms with Gasteiger partial charge in [0, 0.05) is 24.2 Å². The van der Waals surface area contributed by atoms with Crippen molar-refractivity contribution in [3.63, 3.8) is 0 Å². The number of imidazole rings is 1. The number of H-pyrrole nitrogens is 1. The molecule has 30 heavy (non-hydrogen) atoms. The lowest BCUT2D eigenvalue weighted by Crippen LogP contribution is -2.53. The van der Waals surface area contributed by atoms with Gasteiger partial charge < -0.3 is 19.9 Å². The summed E-state index contributed by atoms with van der Waals surface area (Å²) in [7, 11) is 1.22. The predicted octanol–water partition coefficient (Wildman–Crippen LogP) is 3.07. The van der Waals surface area contributed by atoms with Crippen LogP contribution in [0.2, 0.25) is 0 Å². The van der Waals surface area contributed by atoms with Gasteiger partial charge in [0.1, 0.15) is 12.1 Å². The standard InChI is InChI=1S/C20H23F3N4O3/c1-4-10(2)16(19(28)30-3)26-20(29)27-8-7-13-17(25-9-24-13)18(27)11-5-6-12(21)15(23)14(11)22/h5-6,9-10,16,18H,4,7-8H2,1-3H3,(H,24,25)(H,26,29)/t10-,16-,18+/m1/s1. The molecule has 3 atom stereocenters. The maximum absolute atomic E-state index is 14.6. The lowest BCUT2D eigenvalue weighted by atomic mass is 9.95. The molecule has 0 aliphatic carbocycles. The molecule has 0 radical (unpaired) electrons. The number of halogens is 3. The van der Waals surface area contributed by atoms with Crippen molar-refractivity contribution in [1.29, 1.82) is 0 Å². The van der Waals surface area contributed by atoms with E-state index in [-0.39, 0.29) is 18.0 Å². The third-order valence-electron chi connectivity index (χ3n) is 5.49. The summed E-state index contributed by atoms with van der Waals surface area (Å²) in [6.45, 7) is 3.80. The van der Waals surface area contributed by atoms with Gasteiger partial charge in [-0.15, -0.1) is 0 Å². The molecule has 0 fully saturated rings. The first kappa shape index (κ1) is 21.7. The van der Waals surface area contributed by atoms with E-state index in [0.717, 1.165) is 12.1 Å². The van der Waals surface area contributed by atoms with Crippen LogP contribution in [0, 0.1) is 23.4 Å². The van der Waals surface area contributed by atoms with Crippen LogP contribution in [0.15, 0.2) is 18.5 Å². The lowest BCUT2D eigenvalue weighted by Gasteiger charge is -2.36. The van der Waals surface area contributed by atoms with E-state index in [1.165, 1.54) is 18.3 Å². The Morgan fingerprint density at radius 2 is 2.07 bits per heavy atom. The number of carbonyl (C=O) groups is 2. The Hall–Kier alpha value is -3.04. The number of fused-ring (bicyclic) bond motifs is 1. The van der Waals surface area contributed by atoms with Crippen LogP contribution in [0.1, 0.15) is 43.3 Å². The fourth-order valence-corrected chi connectivity index (χ4v) is 3.57. The zero-order chi connectivity index (χ0) is 22.0. The van der Waals surface area contributed by atoms with Gasteiger partial charge in [0.15, 0.2) is 17.5 Å². The Labute approximate surface area is 171 Å². The number of amides is 2. The van der Waals surface area contributed by atoms with Crippen LogP contribution >= 0.6 is 0 Å². The van der Waals surface area contributed by atoms with Crippen molar-refractivity contribution in [3.8, 4) is 0 Å². The molecule has 3 rings (SSSR count). The number of carbonyl (C=O) groups excluding carboxylic acids is 2. The van der Waals surface area contributed by atoms with Crippen molar-refractivity contribution in [3.05, 3.63) is 52.9 Å². The largest absolute Gasteiger partial charge is 0.467 e. The van der Waals surface area contributed by atoms with Gasteiger partial charge in [0.05, 0.1) is 19.1 Å². The molecule has 2 amide bonds. The molecule has 0 saturated carbocycles. The first-order valence-corrected chi connectivity index (χ1v) is 9.60. The van der Waals surface area contributed by atoms with Crippen molar-refractivity contribution < 1.29 is 27.5 Å². The molecule has 10 heteroatoms. The van der Waals surface area contributed by atoms with Crippen molar-refractivity contribution in [1.82, 2.24) is 20.2 Å². The van der Waals surface area contributed by atoms with Crippen LogP contribution in [0.5, 0.6) is 0 Å². The van der Waals surface area contributed by atoms with Crippen molar-refractivity contribution in [2.24, 2.45) is 5.92 Å². The number of urea groups is 1. The van der Waals surface area contributed by atoms with E-state index < -0.39 is 41.5 Å². The molecule has 1 aromatic heterocycles. The van der Waals surface area contributed by atoms with Gasteiger partial charge >= 0.3 is 12.0 Å². The van der Waals surface area contributed by atoms with E-state index in [0.29, 0.717) is 24.2 Å². The molecule has 1 aromatic carbocycles. The average molecular weight is 424 g/mol. The fraction of sp³-hybridized carbons (Fsp3) is 0.450. The molecule has 0 unspecified atom stereocenters. The first-order chi connectivity index (χ1) is 14.3. The number of hydrogen-bond donors (Lipinski definition) is 2. The summed E-state index contributed by atoms with van der Waals surface area (Å²) in [4.78, 5) is 33.6. The zero-order valence-corrected chi connectivity index (χ0v) is 16.8. The SMILES string of the molecule is CC[C@@H](C)[C@@H](NC(=O)N1CCc2[nH]cnc2[C@@H]1c1ccc(F)c(F)c1F)C(=O)OC. The van der Waals surface area contributed by atoms with Crippen LogP contribution in [0.3, 0.4) is 0 Å². The number of nitrogens with one attached hydrogen (secondary N) is 2. The Bertz CT molecular complexity index is 949. The van der Waals surface area contributed by atoms with Gasteiger partial charge in [0.25, 0.3) is 0 Å². The summed E-state index contributed by atoms with van der Waals surface area (Å²) in [5, 5.41) is 2.64. The summed E-state index contributed by atoms with van der Waals surface area (Å²) < 4.78 is 46.8. The highest BCUT2D eigenvalue weighted by molar-refractivity contribution is 5.84. The van der Waals surface area contributed by atoms with E-state index in [1.807, 2.05) is 6.92 Å². The Morgan fingerprint density at radius 1 is 1.33 bits per heavy atom. The number of benzene rings is 1. The van der Waals surface area contributed by atoms with Gasteiger partial charge in [-0.3, -0.25) is 0 Å². The minimum atomic E-state index is -1.62. The molecule has 0 spiro atoms. The molecule has 7 nitrogen and oxygen atoms in total. The molecule has 2 heterocycles. The number of aromatic nitrogens is 2. The topological polar surface area (TPSA) is 87.3 Å². The second-order valence-electron chi connectivity index (χ2n) is 7.21. The number of aromatic amines is 1. The highest BCUT2D eigenvalue weighted by atomic mass is 19.2. The summed E-state index contributed by atoms with van der Waals surface area (Å²) in [5.74, 6) is -5.16. The van der Waals surface area contributed by atoms with Crippen LogP contribution < -0.4 is 5.32 Å². The number of nitrogens with zero attached hydrogens (tertiary/aromatic N) is 2. The smallest absolute Gasteiger partial charge is 0.328 e. The zero-order valence-electron chi connectivity index (χ0n) is 16.8. The van der Waals surface area contributed by atoms with Gasteiger partial charge in [-0.05, 0) is 12.0 Å². The van der Waals surface area contributed by atoms with Gasteiger partial charge in [-0.25, -0.2) is 27.7 Å². The number of esters is 1. The van der Waals surface area contributed by atoms with E-state index in [9.17, 15) is 22.8 Å². The number of ether oxygens (including phenoxy) is 1. The molecule has 2 N–H and O–H groups in total. The minimum absolute atomic E-state index is 0.151. The maximum atomic E-state index is 14.6. The van der Waals surface area contributed by atoms with Crippen LogP contribution in [-0.2, 0) is 16.0 Å². The highest BCUT2D eigenvalue weighted by Crippen LogP contribution is 2.35. The summed E-state index contributed by atoms with van der Waals surface area (Å²) in [6.07, 6.45) is 2.40. The first-order valence-electron chi connectivity index (χ1n) is 9.60. The quantitative estimate of drug-likeness (QED) is 0.571. The summed E-state index contributed by atoms with van der Waals surface area (Å²) in [5.41, 5.74) is 0.773. The summed E-state index contributed by atoms with van der Waals surface area (Å²) in [6, 6.07) is -0.766. The van der Waals surface area contributed by atoms with E-state index >= 15 is 0 Å². The molecule has 2 aromatic rings. The number of rotatable bonds is 5. The molecule has 0 bridgehead atoms. The number of hydrogen-bond acceptors (Lipinski definition) is 4. The van der Waals surface area contributed by atoms with Crippen LogP contribution in [0.4, 0.5) is 18.0 Å². The molecule has 1 aliphatic rings. The molecule has 162 valence electrons. The van der Waals surface area contributed by atoms with Gasteiger partial charge in [-0.1, -0.05) is 26.3 Å². The van der Waals surface area contributed by atoms with Crippen LogP contribution in [-0.4, -0.2) is 46.6 Å². The highest BCUT2D eigenvalue weighted by Gasteiger charge is 2.38. The predicted molar refractivity (Wildman–Crippen MR) is 101 cm³/mol. The monoisotopic (exact) mass is 424 g/mol. The summed E-state index contributed by atoms with van der Waals surface area (Å²) >= 11 is 0. The number of methoxy groups -OCH3 is 1. The van der Waals surface area contributed by atoms with E-state index in [1.54, 1.807) is 6.92 Å². The maximum Gasteiger partial charge on any atom is 0.328 e. The Morgan fingerprint density at radius 3 is 2.73 bits per heavy atom. The third-order valence-corrected chi connectivity index (χ3v) is 5.49. The van der Waals surface area contributed by atoms with Crippen molar-refractivity contribution in [2.45, 2.75) is 38.8 Å². The van der Waals surface area contributed by atoms with Crippen molar-refractivity contribution >= 4 is 12.0 Å². The average Bonchev–Trinajstić information content (AvgIpc) is 3.23. The van der Waals surface area contributed by atoms with Crippen molar-refractivity contribution in [2.75, 3.05) is 13.7 Å². The molecular formula is C20H23F3N4O3. The third kappa shape index (κ3) is 3.86. The normalized spacial score (nSPS) is 17.8. The van der Waals surface area contributed by atoms with Crippen LogP contribution in [0.25, 0.3) is 0 Å². The minimum Gasteiger partial charge on any atom is -0.467 e. The van der Waals surface area contributed by atoms with Gasteiger partial charge in [-0.2, -0.15) is 0 Å². The Balaban J connectivity index is 2.00. The van der Waals surface area contributed by atoms with Gasteiger partial charge in [0.2, 0.25) is 0 Å². The molecular weight excluding hydrogens is 401 g/mol. The fourth-order valence-electron chi connectivity index (χ4n) is 3.57. The molecule has 0 saturated heterocycles. The Kier molecular flexibility index (Phi) is 6.33. The molecule has 1 aliphatic heterocycles. The van der Waals surface area contributed by atoms with E-state index in [4.69, 9.17) is 4.74 Å². The van der Waals surface area contributed by atoms with E-state index in [2.05, 4.69) is 15.3 Å². The second-order valence-corrected chi connectivity index (χ2v) is 7.21. The second kappa shape index (κ2) is 8.76.